The highest BCUT2D eigenvalue weighted by molar-refractivity contribution is 6.31. The zero-order chi connectivity index (χ0) is 12.6. The van der Waals surface area contributed by atoms with Gasteiger partial charge in [-0.25, -0.2) is 4.39 Å². The number of aromatic nitrogens is 2. The number of rotatable bonds is 2. The predicted molar refractivity (Wildman–Crippen MR) is 65.4 cm³/mol. The van der Waals surface area contributed by atoms with E-state index in [1.807, 2.05) is 6.92 Å². The minimum Gasteiger partial charge on any atom is -0.319 e. The maximum atomic E-state index is 13.2. The van der Waals surface area contributed by atoms with Crippen LogP contribution >= 0.6 is 11.6 Å². The minimum absolute atomic E-state index is 0.306. The third-order valence-electron chi connectivity index (χ3n) is 2.81. The van der Waals surface area contributed by atoms with E-state index in [0.717, 1.165) is 11.1 Å². The third kappa shape index (κ3) is 2.18. The largest absolute Gasteiger partial charge is 0.319 e. The van der Waals surface area contributed by atoms with Gasteiger partial charge in [0.25, 0.3) is 0 Å². The standard InChI is InChI=1S/C12H13ClFN3/c1-7-3-4-8(14)5-9(7)11(15)12-10(13)6-16-17(12)2/h3-6,11H,15H2,1-2H3. The summed E-state index contributed by atoms with van der Waals surface area (Å²) in [6, 6.07) is 4.07. The van der Waals surface area contributed by atoms with Crippen LogP contribution in [0.4, 0.5) is 4.39 Å². The van der Waals surface area contributed by atoms with E-state index in [-0.39, 0.29) is 5.82 Å². The Hall–Kier alpha value is -1.39. The average molecular weight is 254 g/mol. The van der Waals surface area contributed by atoms with Gasteiger partial charge in [-0.3, -0.25) is 4.68 Å². The summed E-state index contributed by atoms with van der Waals surface area (Å²) in [6.07, 6.45) is 1.53. The first-order valence-corrected chi connectivity index (χ1v) is 5.57. The molecular formula is C12H13ClFN3. The van der Waals surface area contributed by atoms with Gasteiger partial charge in [-0.05, 0) is 30.2 Å². The number of nitrogens with zero attached hydrogens (tertiary/aromatic N) is 2. The van der Waals surface area contributed by atoms with Gasteiger partial charge >= 0.3 is 0 Å². The molecule has 0 bridgehead atoms. The van der Waals surface area contributed by atoms with Crippen molar-refractivity contribution < 1.29 is 4.39 Å². The van der Waals surface area contributed by atoms with E-state index in [2.05, 4.69) is 5.10 Å². The van der Waals surface area contributed by atoms with Crippen LogP contribution < -0.4 is 5.73 Å². The summed E-state index contributed by atoms with van der Waals surface area (Å²) in [5.41, 5.74) is 8.45. The molecule has 0 fully saturated rings. The van der Waals surface area contributed by atoms with Crippen molar-refractivity contribution in [1.82, 2.24) is 9.78 Å². The quantitative estimate of drug-likeness (QED) is 0.894. The molecule has 0 aliphatic rings. The van der Waals surface area contributed by atoms with Gasteiger partial charge in [0.1, 0.15) is 5.82 Å². The smallest absolute Gasteiger partial charge is 0.123 e. The van der Waals surface area contributed by atoms with Crippen LogP contribution in [-0.2, 0) is 7.05 Å². The van der Waals surface area contributed by atoms with Gasteiger partial charge in [0.05, 0.1) is 23.0 Å². The summed E-state index contributed by atoms with van der Waals surface area (Å²) < 4.78 is 14.8. The molecule has 0 spiro atoms. The first kappa shape index (κ1) is 12.1. The fourth-order valence-corrected chi connectivity index (χ4v) is 2.15. The van der Waals surface area contributed by atoms with Crippen molar-refractivity contribution in [3.63, 3.8) is 0 Å². The van der Waals surface area contributed by atoms with Gasteiger partial charge in [0.15, 0.2) is 0 Å². The molecule has 3 nitrogen and oxygen atoms in total. The molecule has 1 unspecified atom stereocenters. The van der Waals surface area contributed by atoms with Crippen molar-refractivity contribution in [2.75, 3.05) is 0 Å². The Balaban J connectivity index is 2.50. The van der Waals surface area contributed by atoms with Gasteiger partial charge in [-0.2, -0.15) is 5.10 Å². The fourth-order valence-electron chi connectivity index (χ4n) is 1.86. The highest BCUT2D eigenvalue weighted by Gasteiger charge is 2.19. The summed E-state index contributed by atoms with van der Waals surface area (Å²) in [7, 11) is 1.76. The molecule has 1 aromatic heterocycles. The number of aryl methyl sites for hydroxylation is 2. The van der Waals surface area contributed by atoms with E-state index < -0.39 is 6.04 Å². The Labute approximate surface area is 104 Å². The Morgan fingerprint density at radius 3 is 2.76 bits per heavy atom. The molecule has 2 rings (SSSR count). The van der Waals surface area contributed by atoms with E-state index in [1.54, 1.807) is 17.8 Å². The third-order valence-corrected chi connectivity index (χ3v) is 3.10. The van der Waals surface area contributed by atoms with Gasteiger partial charge in [-0.1, -0.05) is 17.7 Å². The van der Waals surface area contributed by atoms with E-state index in [0.29, 0.717) is 10.7 Å². The van der Waals surface area contributed by atoms with Crippen LogP contribution in [0.15, 0.2) is 24.4 Å². The van der Waals surface area contributed by atoms with Crippen LogP contribution in [0.1, 0.15) is 22.9 Å². The Kier molecular flexibility index (Phi) is 3.17. The molecule has 90 valence electrons. The molecule has 0 radical (unpaired) electrons. The van der Waals surface area contributed by atoms with Gasteiger partial charge in [-0.15, -0.1) is 0 Å². The number of halogens is 2. The topological polar surface area (TPSA) is 43.8 Å². The predicted octanol–water partition coefficient (Wildman–Crippen LogP) is 2.57. The second-order valence-electron chi connectivity index (χ2n) is 3.98. The van der Waals surface area contributed by atoms with Crippen molar-refractivity contribution in [3.05, 3.63) is 52.1 Å². The van der Waals surface area contributed by atoms with Gasteiger partial charge in [0, 0.05) is 7.05 Å². The molecule has 0 aliphatic heterocycles. The summed E-state index contributed by atoms with van der Waals surface area (Å²) in [5, 5.41) is 4.52. The van der Waals surface area contributed by atoms with Crippen molar-refractivity contribution in [2.24, 2.45) is 12.8 Å². The highest BCUT2D eigenvalue weighted by Crippen LogP contribution is 2.28. The molecule has 5 heteroatoms. The van der Waals surface area contributed by atoms with Gasteiger partial charge in [0.2, 0.25) is 0 Å². The fraction of sp³-hybridized carbons (Fsp3) is 0.250. The van der Waals surface area contributed by atoms with E-state index in [9.17, 15) is 4.39 Å². The van der Waals surface area contributed by atoms with Crippen LogP contribution in [-0.4, -0.2) is 9.78 Å². The highest BCUT2D eigenvalue weighted by atomic mass is 35.5. The molecule has 1 aromatic carbocycles. The number of hydrogen-bond acceptors (Lipinski definition) is 2. The number of hydrogen-bond donors (Lipinski definition) is 1. The van der Waals surface area contributed by atoms with Crippen molar-refractivity contribution in [3.8, 4) is 0 Å². The van der Waals surface area contributed by atoms with E-state index >= 15 is 0 Å². The maximum Gasteiger partial charge on any atom is 0.123 e. The molecule has 17 heavy (non-hydrogen) atoms. The lowest BCUT2D eigenvalue weighted by Crippen LogP contribution is -2.17. The van der Waals surface area contributed by atoms with E-state index in [1.165, 1.54) is 18.3 Å². The average Bonchev–Trinajstić information content (AvgIpc) is 2.61. The molecule has 0 saturated carbocycles. The summed E-state index contributed by atoms with van der Waals surface area (Å²) in [6.45, 7) is 1.89. The number of benzene rings is 1. The zero-order valence-corrected chi connectivity index (χ0v) is 10.4. The maximum absolute atomic E-state index is 13.2. The molecule has 0 amide bonds. The van der Waals surface area contributed by atoms with E-state index in [4.69, 9.17) is 17.3 Å². The van der Waals surface area contributed by atoms with Crippen molar-refractivity contribution in [1.29, 1.82) is 0 Å². The van der Waals surface area contributed by atoms with Gasteiger partial charge < -0.3 is 5.73 Å². The molecule has 2 N–H and O–H groups in total. The molecule has 0 aliphatic carbocycles. The summed E-state index contributed by atoms with van der Waals surface area (Å²) in [4.78, 5) is 0. The summed E-state index contributed by atoms with van der Waals surface area (Å²) >= 11 is 6.02. The van der Waals surface area contributed by atoms with Crippen LogP contribution in [0.3, 0.4) is 0 Å². The number of nitrogens with two attached hydrogens (primary N) is 1. The van der Waals surface area contributed by atoms with Crippen molar-refractivity contribution >= 4 is 11.6 Å². The molecule has 2 aromatic rings. The lowest BCUT2D eigenvalue weighted by atomic mass is 9.99. The lowest BCUT2D eigenvalue weighted by Gasteiger charge is -2.15. The zero-order valence-electron chi connectivity index (χ0n) is 9.61. The van der Waals surface area contributed by atoms with Crippen LogP contribution in [0.25, 0.3) is 0 Å². The first-order chi connectivity index (χ1) is 8.00. The second kappa shape index (κ2) is 4.47. The minimum atomic E-state index is -0.481. The Morgan fingerprint density at radius 2 is 2.18 bits per heavy atom. The second-order valence-corrected chi connectivity index (χ2v) is 4.39. The Bertz CT molecular complexity index is 531. The van der Waals surface area contributed by atoms with Crippen LogP contribution in [0.2, 0.25) is 5.02 Å². The Morgan fingerprint density at radius 1 is 1.47 bits per heavy atom. The summed E-state index contributed by atoms with van der Waals surface area (Å²) in [5.74, 6) is -0.306. The SMILES string of the molecule is Cc1ccc(F)cc1C(N)c1c(Cl)cnn1C. The normalized spacial score (nSPS) is 12.8. The molecule has 1 heterocycles. The molecular weight excluding hydrogens is 241 g/mol. The first-order valence-electron chi connectivity index (χ1n) is 5.19. The lowest BCUT2D eigenvalue weighted by molar-refractivity contribution is 0.618. The molecule has 0 saturated heterocycles. The van der Waals surface area contributed by atoms with Crippen LogP contribution in [0, 0.1) is 12.7 Å². The molecule has 1 atom stereocenters. The van der Waals surface area contributed by atoms with Crippen molar-refractivity contribution in [2.45, 2.75) is 13.0 Å². The van der Waals surface area contributed by atoms with Crippen LogP contribution in [0.5, 0.6) is 0 Å². The monoisotopic (exact) mass is 253 g/mol.